The van der Waals surface area contributed by atoms with Gasteiger partial charge in [-0.2, -0.15) is 0 Å². The van der Waals surface area contributed by atoms with Crippen LogP contribution in [0.15, 0.2) is 48.5 Å². The van der Waals surface area contributed by atoms with Gasteiger partial charge >= 0.3 is 6.36 Å². The van der Waals surface area contributed by atoms with Crippen LogP contribution < -0.4 is 14.8 Å². The van der Waals surface area contributed by atoms with Gasteiger partial charge in [0, 0.05) is 5.69 Å². The fraction of sp³-hybridized carbons (Fsp3) is 0.188. The second-order valence-corrected chi connectivity index (χ2v) is 4.73. The van der Waals surface area contributed by atoms with Crippen LogP contribution in [0.3, 0.4) is 0 Å². The van der Waals surface area contributed by atoms with Crippen molar-refractivity contribution in [2.24, 2.45) is 0 Å². The molecule has 2 aromatic carbocycles. The van der Waals surface area contributed by atoms with E-state index in [-0.39, 0.29) is 12.4 Å². The third-order valence-electron chi connectivity index (χ3n) is 2.73. The van der Waals surface area contributed by atoms with Crippen LogP contribution in [0.1, 0.15) is 5.56 Å². The Hall–Kier alpha value is -2.70. The Morgan fingerprint density at radius 1 is 1.09 bits per heavy atom. The van der Waals surface area contributed by atoms with Gasteiger partial charge in [-0.15, -0.1) is 13.2 Å². The molecule has 2 aromatic rings. The van der Waals surface area contributed by atoms with Crippen LogP contribution in [0, 0.1) is 6.92 Å². The lowest BCUT2D eigenvalue weighted by molar-refractivity contribution is -0.274. The highest BCUT2D eigenvalue weighted by Gasteiger charge is 2.30. The van der Waals surface area contributed by atoms with Crippen LogP contribution in [0.5, 0.6) is 11.5 Å². The highest BCUT2D eigenvalue weighted by molar-refractivity contribution is 5.91. The summed E-state index contributed by atoms with van der Waals surface area (Å²) >= 11 is 0. The van der Waals surface area contributed by atoms with E-state index in [1.165, 1.54) is 12.1 Å². The van der Waals surface area contributed by atoms with Gasteiger partial charge in [0.25, 0.3) is 5.91 Å². The highest BCUT2D eigenvalue weighted by atomic mass is 19.4. The number of carbonyl (C=O) groups excluding carboxylic acids is 1. The summed E-state index contributed by atoms with van der Waals surface area (Å²) in [5, 5.41) is 2.52. The Bertz CT molecular complexity index is 669. The van der Waals surface area contributed by atoms with Gasteiger partial charge in [0.05, 0.1) is 0 Å². The normalized spacial score (nSPS) is 11.0. The molecule has 0 aliphatic rings. The average molecular weight is 325 g/mol. The van der Waals surface area contributed by atoms with Crippen LogP contribution in [0.25, 0.3) is 0 Å². The third-order valence-corrected chi connectivity index (χ3v) is 2.73. The minimum atomic E-state index is -4.74. The molecule has 0 spiro atoms. The largest absolute Gasteiger partial charge is 0.573 e. The third kappa shape index (κ3) is 5.90. The van der Waals surface area contributed by atoms with E-state index in [0.717, 1.165) is 17.7 Å². The molecule has 0 aliphatic carbocycles. The number of hydrogen-bond donors (Lipinski definition) is 1. The van der Waals surface area contributed by atoms with Gasteiger partial charge in [-0.05, 0) is 48.9 Å². The zero-order chi connectivity index (χ0) is 16.9. The lowest BCUT2D eigenvalue weighted by Crippen LogP contribution is -2.20. The standard InChI is InChI=1S/C16H14F3NO3/c1-11-3-2-4-14(9-11)22-10-15(21)20-12-5-7-13(8-6-12)23-16(17,18)19/h2-9H,10H2,1H3,(H,20,21). The van der Waals surface area contributed by atoms with Crippen molar-refractivity contribution in [3.8, 4) is 11.5 Å². The van der Waals surface area contributed by atoms with Crippen molar-refractivity contribution in [1.29, 1.82) is 0 Å². The zero-order valence-electron chi connectivity index (χ0n) is 12.2. The number of anilines is 1. The molecule has 0 saturated heterocycles. The number of carbonyl (C=O) groups is 1. The number of nitrogens with one attached hydrogen (secondary N) is 1. The van der Waals surface area contributed by atoms with Crippen molar-refractivity contribution in [3.05, 3.63) is 54.1 Å². The fourth-order valence-corrected chi connectivity index (χ4v) is 1.79. The number of aryl methyl sites for hydroxylation is 1. The van der Waals surface area contributed by atoms with Crippen LogP contribution in [-0.4, -0.2) is 18.9 Å². The monoisotopic (exact) mass is 325 g/mol. The molecule has 0 heterocycles. The molecule has 4 nitrogen and oxygen atoms in total. The molecule has 0 atom stereocenters. The van der Waals surface area contributed by atoms with Crippen molar-refractivity contribution in [1.82, 2.24) is 0 Å². The summed E-state index contributed by atoms with van der Waals surface area (Å²) in [6.07, 6.45) is -4.74. The Kier molecular flexibility index (Phi) is 5.10. The molecule has 23 heavy (non-hydrogen) atoms. The van der Waals surface area contributed by atoms with E-state index in [1.807, 2.05) is 19.1 Å². The second-order valence-electron chi connectivity index (χ2n) is 4.73. The summed E-state index contributed by atoms with van der Waals surface area (Å²) < 4.78 is 45.2. The molecular formula is C16H14F3NO3. The lowest BCUT2D eigenvalue weighted by atomic mass is 10.2. The molecule has 0 radical (unpaired) electrons. The molecule has 0 unspecified atom stereocenters. The number of ether oxygens (including phenoxy) is 2. The van der Waals surface area contributed by atoms with E-state index in [9.17, 15) is 18.0 Å². The van der Waals surface area contributed by atoms with Crippen LogP contribution >= 0.6 is 0 Å². The van der Waals surface area contributed by atoms with Gasteiger partial charge in [-0.25, -0.2) is 0 Å². The molecule has 2 rings (SSSR count). The first kappa shape index (κ1) is 16.7. The van der Waals surface area contributed by atoms with Crippen molar-refractivity contribution in [2.75, 3.05) is 11.9 Å². The SMILES string of the molecule is Cc1cccc(OCC(=O)Nc2ccc(OC(F)(F)F)cc2)c1. The van der Waals surface area contributed by atoms with Crippen molar-refractivity contribution < 1.29 is 27.4 Å². The Morgan fingerprint density at radius 2 is 1.78 bits per heavy atom. The first-order valence-electron chi connectivity index (χ1n) is 6.67. The van der Waals surface area contributed by atoms with Gasteiger partial charge in [0.1, 0.15) is 11.5 Å². The molecule has 0 aliphatic heterocycles. The van der Waals surface area contributed by atoms with Crippen LogP contribution in [0.4, 0.5) is 18.9 Å². The fourth-order valence-electron chi connectivity index (χ4n) is 1.79. The number of alkyl halides is 3. The number of halogens is 3. The minimum Gasteiger partial charge on any atom is -0.484 e. The van der Waals surface area contributed by atoms with Crippen LogP contribution in [-0.2, 0) is 4.79 Å². The molecule has 0 aromatic heterocycles. The van der Waals surface area contributed by atoms with E-state index in [2.05, 4.69) is 10.1 Å². The molecule has 1 N–H and O–H groups in total. The van der Waals surface area contributed by atoms with Gasteiger partial charge in [0.2, 0.25) is 0 Å². The van der Waals surface area contributed by atoms with E-state index in [4.69, 9.17) is 4.74 Å². The lowest BCUT2D eigenvalue weighted by Gasteiger charge is -2.10. The summed E-state index contributed by atoms with van der Waals surface area (Å²) in [6.45, 7) is 1.70. The highest BCUT2D eigenvalue weighted by Crippen LogP contribution is 2.23. The number of rotatable bonds is 5. The van der Waals surface area contributed by atoms with E-state index >= 15 is 0 Å². The molecule has 1 amide bonds. The minimum absolute atomic E-state index is 0.204. The maximum Gasteiger partial charge on any atom is 0.573 e. The van der Waals surface area contributed by atoms with Gasteiger partial charge < -0.3 is 14.8 Å². The Labute approximate surface area is 130 Å². The van der Waals surface area contributed by atoms with Crippen molar-refractivity contribution >= 4 is 11.6 Å². The first-order chi connectivity index (χ1) is 10.8. The average Bonchev–Trinajstić information content (AvgIpc) is 2.46. The molecule has 0 bridgehead atoms. The summed E-state index contributed by atoms with van der Waals surface area (Å²) in [5.74, 6) is -0.211. The maximum absolute atomic E-state index is 12.0. The maximum atomic E-state index is 12.0. The molecule has 122 valence electrons. The van der Waals surface area contributed by atoms with E-state index < -0.39 is 12.3 Å². The molecule has 0 fully saturated rings. The Balaban J connectivity index is 1.85. The van der Waals surface area contributed by atoms with Crippen molar-refractivity contribution in [2.45, 2.75) is 13.3 Å². The smallest absolute Gasteiger partial charge is 0.484 e. The summed E-state index contributed by atoms with van der Waals surface area (Å²) in [4.78, 5) is 11.7. The van der Waals surface area contributed by atoms with Gasteiger partial charge in [-0.3, -0.25) is 4.79 Å². The quantitative estimate of drug-likeness (QED) is 0.906. The van der Waals surface area contributed by atoms with E-state index in [0.29, 0.717) is 11.4 Å². The summed E-state index contributed by atoms with van der Waals surface area (Å²) in [6, 6.07) is 12.1. The second kappa shape index (κ2) is 7.04. The topological polar surface area (TPSA) is 47.6 Å². The van der Waals surface area contributed by atoms with Crippen LogP contribution in [0.2, 0.25) is 0 Å². The summed E-state index contributed by atoms with van der Waals surface area (Å²) in [5.41, 5.74) is 1.35. The van der Waals surface area contributed by atoms with E-state index in [1.54, 1.807) is 12.1 Å². The number of benzene rings is 2. The van der Waals surface area contributed by atoms with Gasteiger partial charge in [-0.1, -0.05) is 12.1 Å². The first-order valence-corrected chi connectivity index (χ1v) is 6.67. The predicted molar refractivity (Wildman–Crippen MR) is 78.4 cm³/mol. The predicted octanol–water partition coefficient (Wildman–Crippen LogP) is 3.91. The van der Waals surface area contributed by atoms with Gasteiger partial charge in [0.15, 0.2) is 6.61 Å². The Morgan fingerprint density at radius 3 is 2.39 bits per heavy atom. The number of amides is 1. The summed E-state index contributed by atoms with van der Waals surface area (Å²) in [7, 11) is 0. The molecule has 7 heteroatoms. The molecular weight excluding hydrogens is 311 g/mol. The number of hydrogen-bond acceptors (Lipinski definition) is 3. The van der Waals surface area contributed by atoms with Crippen molar-refractivity contribution in [3.63, 3.8) is 0 Å². The zero-order valence-corrected chi connectivity index (χ0v) is 12.2. The molecule has 0 saturated carbocycles.